The fourth-order valence-corrected chi connectivity index (χ4v) is 2.05. The number of fused-ring (bicyclic) bond motifs is 1. The van der Waals surface area contributed by atoms with Gasteiger partial charge in [-0.1, -0.05) is 0 Å². The average molecular weight is 301 g/mol. The Morgan fingerprint density at radius 1 is 1.18 bits per heavy atom. The van der Waals surface area contributed by atoms with E-state index in [0.717, 1.165) is 0 Å². The van der Waals surface area contributed by atoms with Crippen LogP contribution in [0.2, 0.25) is 0 Å². The molecule has 0 unspecified atom stereocenters. The van der Waals surface area contributed by atoms with Crippen LogP contribution in [0.3, 0.4) is 0 Å². The minimum absolute atomic E-state index is 0.204. The highest BCUT2D eigenvalue weighted by atomic mass is 16.7. The molecule has 0 bridgehead atoms. The van der Waals surface area contributed by atoms with E-state index in [1.807, 2.05) is 0 Å². The maximum Gasteiger partial charge on any atom is 0.338 e. The van der Waals surface area contributed by atoms with Crippen molar-refractivity contribution in [1.82, 2.24) is 0 Å². The SMILES string of the molecule is CCOC(=O)c1ccc(Oc2ccc3c(c2)OCO3)c(N)c1. The lowest BCUT2D eigenvalue weighted by atomic mass is 10.2. The highest BCUT2D eigenvalue weighted by Crippen LogP contribution is 2.37. The molecule has 0 amide bonds. The van der Waals surface area contributed by atoms with Gasteiger partial charge in [-0.3, -0.25) is 0 Å². The van der Waals surface area contributed by atoms with Gasteiger partial charge in [-0.15, -0.1) is 0 Å². The number of nitrogens with two attached hydrogens (primary N) is 1. The predicted octanol–water partition coefficient (Wildman–Crippen LogP) is 2.97. The topological polar surface area (TPSA) is 80.0 Å². The lowest BCUT2D eigenvalue weighted by molar-refractivity contribution is 0.0526. The fourth-order valence-electron chi connectivity index (χ4n) is 2.05. The standard InChI is InChI=1S/C16H15NO5/c1-2-19-16(18)10-3-5-13(12(17)7-10)22-11-4-6-14-15(8-11)21-9-20-14/h3-8H,2,9,17H2,1H3. The summed E-state index contributed by atoms with van der Waals surface area (Å²) in [4.78, 5) is 11.6. The molecular formula is C16H15NO5. The normalized spacial score (nSPS) is 12.0. The van der Waals surface area contributed by atoms with Gasteiger partial charge in [0.1, 0.15) is 11.5 Å². The number of esters is 1. The van der Waals surface area contributed by atoms with Crippen molar-refractivity contribution in [3.05, 3.63) is 42.0 Å². The molecule has 2 N–H and O–H groups in total. The molecule has 2 aromatic carbocycles. The van der Waals surface area contributed by atoms with Crippen LogP contribution < -0.4 is 19.9 Å². The van der Waals surface area contributed by atoms with Gasteiger partial charge in [0.2, 0.25) is 6.79 Å². The van der Waals surface area contributed by atoms with Crippen LogP contribution >= 0.6 is 0 Å². The van der Waals surface area contributed by atoms with Gasteiger partial charge in [0.15, 0.2) is 11.5 Å². The smallest absolute Gasteiger partial charge is 0.338 e. The first kappa shape index (κ1) is 14.1. The van der Waals surface area contributed by atoms with Gasteiger partial charge in [-0.25, -0.2) is 4.79 Å². The summed E-state index contributed by atoms with van der Waals surface area (Å²) >= 11 is 0. The summed E-state index contributed by atoms with van der Waals surface area (Å²) in [7, 11) is 0. The average Bonchev–Trinajstić information content (AvgIpc) is 2.97. The van der Waals surface area contributed by atoms with Gasteiger partial charge in [0, 0.05) is 6.07 Å². The minimum Gasteiger partial charge on any atom is -0.462 e. The summed E-state index contributed by atoms with van der Waals surface area (Å²) in [5, 5.41) is 0. The van der Waals surface area contributed by atoms with Gasteiger partial charge in [-0.2, -0.15) is 0 Å². The Hall–Kier alpha value is -2.89. The molecule has 22 heavy (non-hydrogen) atoms. The van der Waals surface area contributed by atoms with Gasteiger partial charge in [0.05, 0.1) is 17.9 Å². The van der Waals surface area contributed by atoms with Crippen LogP contribution in [0.15, 0.2) is 36.4 Å². The zero-order valence-corrected chi connectivity index (χ0v) is 12.0. The van der Waals surface area contributed by atoms with E-state index >= 15 is 0 Å². The Labute approximate surface area is 127 Å². The van der Waals surface area contributed by atoms with E-state index in [9.17, 15) is 4.79 Å². The molecule has 1 aliphatic rings. The molecule has 6 nitrogen and oxygen atoms in total. The lowest BCUT2D eigenvalue weighted by Crippen LogP contribution is -2.05. The molecule has 0 fully saturated rings. The van der Waals surface area contributed by atoms with Crippen molar-refractivity contribution in [1.29, 1.82) is 0 Å². The summed E-state index contributed by atoms with van der Waals surface area (Å²) < 4.78 is 21.2. The first-order valence-electron chi connectivity index (χ1n) is 6.81. The maximum absolute atomic E-state index is 11.6. The number of ether oxygens (including phenoxy) is 4. The largest absolute Gasteiger partial charge is 0.462 e. The molecule has 2 aromatic rings. The molecular weight excluding hydrogens is 286 g/mol. The van der Waals surface area contributed by atoms with E-state index in [2.05, 4.69) is 0 Å². The zero-order chi connectivity index (χ0) is 15.5. The number of rotatable bonds is 4. The zero-order valence-electron chi connectivity index (χ0n) is 12.0. The number of hydrogen-bond donors (Lipinski definition) is 1. The predicted molar refractivity (Wildman–Crippen MR) is 79.4 cm³/mol. The molecule has 0 aliphatic carbocycles. The molecule has 0 radical (unpaired) electrons. The van der Waals surface area contributed by atoms with Crippen molar-refractivity contribution >= 4 is 11.7 Å². The molecule has 0 saturated heterocycles. The van der Waals surface area contributed by atoms with E-state index in [1.165, 1.54) is 6.07 Å². The maximum atomic E-state index is 11.6. The van der Waals surface area contributed by atoms with Crippen molar-refractivity contribution in [2.75, 3.05) is 19.1 Å². The van der Waals surface area contributed by atoms with Crippen molar-refractivity contribution in [3.8, 4) is 23.0 Å². The number of carbonyl (C=O) groups excluding carboxylic acids is 1. The fraction of sp³-hybridized carbons (Fsp3) is 0.188. The van der Waals surface area contributed by atoms with Gasteiger partial charge >= 0.3 is 5.97 Å². The Morgan fingerprint density at radius 2 is 2.00 bits per heavy atom. The summed E-state index contributed by atoms with van der Waals surface area (Å²) in [6.07, 6.45) is 0. The van der Waals surface area contributed by atoms with Gasteiger partial charge in [0.25, 0.3) is 0 Å². The molecule has 1 aliphatic heterocycles. The van der Waals surface area contributed by atoms with Crippen LogP contribution in [0.4, 0.5) is 5.69 Å². The molecule has 0 atom stereocenters. The van der Waals surface area contributed by atoms with Crippen LogP contribution in [0.25, 0.3) is 0 Å². The summed E-state index contributed by atoms with van der Waals surface area (Å²) in [5.74, 6) is 1.91. The Kier molecular flexibility index (Phi) is 3.74. The van der Waals surface area contributed by atoms with Crippen molar-refractivity contribution in [3.63, 3.8) is 0 Å². The third-order valence-corrected chi connectivity index (χ3v) is 3.09. The first-order valence-corrected chi connectivity index (χ1v) is 6.81. The summed E-state index contributed by atoms with van der Waals surface area (Å²) in [6, 6.07) is 10.0. The molecule has 1 heterocycles. The van der Waals surface area contributed by atoms with E-state index in [-0.39, 0.29) is 6.79 Å². The molecule has 0 aromatic heterocycles. The monoisotopic (exact) mass is 301 g/mol. The highest BCUT2D eigenvalue weighted by Gasteiger charge is 2.15. The van der Waals surface area contributed by atoms with Gasteiger partial charge in [-0.05, 0) is 37.3 Å². The van der Waals surface area contributed by atoms with E-state index in [1.54, 1.807) is 37.3 Å². The van der Waals surface area contributed by atoms with Crippen LogP contribution in [0, 0.1) is 0 Å². The first-order chi connectivity index (χ1) is 10.7. The molecule has 3 rings (SSSR count). The molecule has 0 spiro atoms. The third-order valence-electron chi connectivity index (χ3n) is 3.09. The quantitative estimate of drug-likeness (QED) is 0.691. The Bertz CT molecular complexity index is 714. The Morgan fingerprint density at radius 3 is 2.77 bits per heavy atom. The second-order valence-electron chi connectivity index (χ2n) is 4.59. The van der Waals surface area contributed by atoms with Crippen LogP contribution in [0.5, 0.6) is 23.0 Å². The Balaban J connectivity index is 1.79. The van der Waals surface area contributed by atoms with Crippen LogP contribution in [-0.4, -0.2) is 19.4 Å². The molecule has 0 saturated carbocycles. The van der Waals surface area contributed by atoms with Crippen molar-refractivity contribution in [2.24, 2.45) is 0 Å². The van der Waals surface area contributed by atoms with Gasteiger partial charge < -0.3 is 24.7 Å². The second-order valence-corrected chi connectivity index (χ2v) is 4.59. The number of nitrogen functional groups attached to an aromatic ring is 1. The third kappa shape index (κ3) is 2.76. The highest BCUT2D eigenvalue weighted by molar-refractivity contribution is 5.91. The second kappa shape index (κ2) is 5.85. The number of hydrogen-bond acceptors (Lipinski definition) is 6. The lowest BCUT2D eigenvalue weighted by Gasteiger charge is -2.10. The van der Waals surface area contributed by atoms with Crippen molar-refractivity contribution < 1.29 is 23.7 Å². The summed E-state index contributed by atoms with van der Waals surface area (Å²) in [6.45, 7) is 2.27. The van der Waals surface area contributed by atoms with E-state index in [0.29, 0.717) is 40.9 Å². The number of benzene rings is 2. The van der Waals surface area contributed by atoms with Crippen molar-refractivity contribution in [2.45, 2.75) is 6.92 Å². The summed E-state index contributed by atoms with van der Waals surface area (Å²) in [5.41, 5.74) is 6.66. The minimum atomic E-state index is -0.413. The van der Waals surface area contributed by atoms with Crippen LogP contribution in [-0.2, 0) is 4.74 Å². The number of carbonyl (C=O) groups is 1. The number of anilines is 1. The van der Waals surface area contributed by atoms with E-state index < -0.39 is 5.97 Å². The van der Waals surface area contributed by atoms with E-state index in [4.69, 9.17) is 24.7 Å². The molecule has 6 heteroatoms. The molecule has 114 valence electrons. The van der Waals surface area contributed by atoms with Crippen LogP contribution in [0.1, 0.15) is 17.3 Å².